The first-order chi connectivity index (χ1) is 4.22. The Balaban J connectivity index is 2.49. The van der Waals surface area contributed by atoms with Gasteiger partial charge in [-0.3, -0.25) is 0 Å². The lowest BCUT2D eigenvalue weighted by Gasteiger charge is -2.17. The van der Waals surface area contributed by atoms with Crippen LogP contribution >= 0.6 is 0 Å². The van der Waals surface area contributed by atoms with Gasteiger partial charge in [0.05, 0.1) is 0 Å². The van der Waals surface area contributed by atoms with Crippen LogP contribution in [0.25, 0.3) is 0 Å². The highest BCUT2D eigenvalue weighted by molar-refractivity contribution is 4.66. The summed E-state index contributed by atoms with van der Waals surface area (Å²) in [5, 5.41) is 9.52. The van der Waals surface area contributed by atoms with Gasteiger partial charge in [0, 0.05) is 7.05 Å². The first-order valence-electron chi connectivity index (χ1n) is 3.10. The summed E-state index contributed by atoms with van der Waals surface area (Å²) >= 11 is 0. The average molecular weight is 128 g/mol. The fourth-order valence-electron chi connectivity index (χ4n) is 0.873. The van der Waals surface area contributed by atoms with Crippen molar-refractivity contribution in [2.75, 3.05) is 7.05 Å². The van der Waals surface area contributed by atoms with E-state index in [9.17, 15) is 0 Å². The predicted octanol–water partition coefficient (Wildman–Crippen LogP) is 0.786. The number of hydrazine groups is 1. The Morgan fingerprint density at radius 2 is 2.22 bits per heavy atom. The molecule has 4 nitrogen and oxygen atoms in total. The molecule has 0 saturated carbocycles. The van der Waals surface area contributed by atoms with Gasteiger partial charge in [-0.2, -0.15) is 5.01 Å². The second-order valence-corrected chi connectivity index (χ2v) is 2.58. The molecule has 1 aliphatic rings. The Bertz CT molecular complexity index is 120. The Morgan fingerprint density at radius 3 is 2.44 bits per heavy atom. The minimum Gasteiger partial charge on any atom is -0.220 e. The van der Waals surface area contributed by atoms with Crippen LogP contribution in [0, 0.1) is 5.92 Å². The molecule has 0 bridgehead atoms. The molecule has 1 unspecified atom stereocenters. The lowest BCUT2D eigenvalue weighted by atomic mass is 10.2. The summed E-state index contributed by atoms with van der Waals surface area (Å²) < 4.78 is 0. The van der Waals surface area contributed by atoms with E-state index in [1.54, 1.807) is 0 Å². The van der Waals surface area contributed by atoms with Crippen LogP contribution in [0.15, 0.2) is 10.3 Å². The normalized spacial score (nSPS) is 27.3. The molecule has 1 aliphatic heterocycles. The van der Waals surface area contributed by atoms with E-state index in [0.717, 1.165) is 0 Å². The monoisotopic (exact) mass is 128 g/mol. The van der Waals surface area contributed by atoms with Gasteiger partial charge in [0.2, 0.25) is 0 Å². The van der Waals surface area contributed by atoms with Gasteiger partial charge >= 0.3 is 0 Å². The van der Waals surface area contributed by atoms with Gasteiger partial charge in [-0.25, -0.2) is 5.53 Å². The molecule has 4 heteroatoms. The Morgan fingerprint density at radius 1 is 1.56 bits per heavy atom. The quantitative estimate of drug-likeness (QED) is 0.567. The van der Waals surface area contributed by atoms with Crippen molar-refractivity contribution in [1.82, 2.24) is 10.5 Å². The van der Waals surface area contributed by atoms with Crippen LogP contribution in [0.2, 0.25) is 0 Å². The van der Waals surface area contributed by atoms with Crippen LogP contribution in [0.4, 0.5) is 0 Å². The van der Waals surface area contributed by atoms with E-state index in [4.69, 9.17) is 0 Å². The molecular weight excluding hydrogens is 116 g/mol. The van der Waals surface area contributed by atoms with Crippen molar-refractivity contribution in [3.05, 3.63) is 0 Å². The molecule has 1 heterocycles. The third-order valence-electron chi connectivity index (χ3n) is 1.37. The van der Waals surface area contributed by atoms with Crippen molar-refractivity contribution < 1.29 is 0 Å². The number of hydrogen-bond donors (Lipinski definition) is 1. The molecule has 0 spiro atoms. The maximum absolute atomic E-state index is 3.96. The molecule has 0 aromatic heterocycles. The molecule has 0 aromatic rings. The third-order valence-corrected chi connectivity index (χ3v) is 1.37. The second kappa shape index (κ2) is 2.31. The highest BCUT2D eigenvalue weighted by Gasteiger charge is 2.21. The highest BCUT2D eigenvalue weighted by atomic mass is 15.8. The number of rotatable bonds is 1. The zero-order valence-corrected chi connectivity index (χ0v) is 6.00. The van der Waals surface area contributed by atoms with E-state index in [1.807, 2.05) is 12.1 Å². The van der Waals surface area contributed by atoms with E-state index in [0.29, 0.717) is 5.92 Å². The molecule has 0 saturated heterocycles. The lowest BCUT2D eigenvalue weighted by Crippen LogP contribution is -2.36. The van der Waals surface area contributed by atoms with Crippen LogP contribution in [-0.2, 0) is 0 Å². The van der Waals surface area contributed by atoms with Crippen LogP contribution < -0.4 is 5.53 Å². The van der Waals surface area contributed by atoms with Crippen LogP contribution in [0.1, 0.15) is 13.8 Å². The Labute approximate surface area is 54.9 Å². The minimum atomic E-state index is 0.213. The van der Waals surface area contributed by atoms with Crippen molar-refractivity contribution in [2.45, 2.75) is 20.0 Å². The van der Waals surface area contributed by atoms with Gasteiger partial charge in [0.1, 0.15) is 6.17 Å². The van der Waals surface area contributed by atoms with Crippen molar-refractivity contribution in [2.24, 2.45) is 16.3 Å². The third kappa shape index (κ3) is 1.18. The predicted molar refractivity (Wildman–Crippen MR) is 34.4 cm³/mol. The molecule has 0 amide bonds. The first-order valence-corrected chi connectivity index (χ1v) is 3.10. The molecule has 9 heavy (non-hydrogen) atoms. The van der Waals surface area contributed by atoms with Crippen molar-refractivity contribution in [3.63, 3.8) is 0 Å². The number of nitrogens with zero attached hydrogens (tertiary/aromatic N) is 3. The van der Waals surface area contributed by atoms with Crippen LogP contribution in [0.3, 0.4) is 0 Å². The van der Waals surface area contributed by atoms with Gasteiger partial charge in [0.15, 0.2) is 0 Å². The van der Waals surface area contributed by atoms with Gasteiger partial charge < -0.3 is 0 Å². The summed E-state index contributed by atoms with van der Waals surface area (Å²) in [5.74, 6) is 0.522. The number of hydrogen-bond acceptors (Lipinski definition) is 4. The molecule has 1 atom stereocenters. The van der Waals surface area contributed by atoms with E-state index < -0.39 is 0 Å². The smallest absolute Gasteiger partial charge is 0.145 e. The average Bonchev–Trinajstić information content (AvgIpc) is 2.13. The van der Waals surface area contributed by atoms with Crippen molar-refractivity contribution in [3.8, 4) is 0 Å². The fourth-order valence-corrected chi connectivity index (χ4v) is 0.873. The van der Waals surface area contributed by atoms with Crippen LogP contribution in [0.5, 0.6) is 0 Å². The summed E-state index contributed by atoms with van der Waals surface area (Å²) in [6.45, 7) is 4.24. The molecule has 0 radical (unpaired) electrons. The summed E-state index contributed by atoms with van der Waals surface area (Å²) in [7, 11) is 1.94. The molecule has 52 valence electrons. The maximum atomic E-state index is 3.96. The number of nitrogens with one attached hydrogen (secondary N) is 1. The van der Waals surface area contributed by atoms with Gasteiger partial charge in [-0.1, -0.05) is 19.1 Å². The van der Waals surface area contributed by atoms with E-state index in [1.165, 1.54) is 0 Å². The van der Waals surface area contributed by atoms with Crippen molar-refractivity contribution >= 4 is 0 Å². The van der Waals surface area contributed by atoms with E-state index in [2.05, 4.69) is 29.7 Å². The molecule has 0 aliphatic carbocycles. The lowest BCUT2D eigenvalue weighted by molar-refractivity contribution is 0.179. The topological polar surface area (TPSA) is 40.0 Å². The molecule has 0 fully saturated rings. The van der Waals surface area contributed by atoms with Crippen molar-refractivity contribution in [1.29, 1.82) is 0 Å². The summed E-state index contributed by atoms with van der Waals surface area (Å²) in [4.78, 5) is 0. The van der Waals surface area contributed by atoms with E-state index in [-0.39, 0.29) is 6.17 Å². The molecule has 1 N–H and O–H groups in total. The zero-order valence-electron chi connectivity index (χ0n) is 6.00. The Hall–Kier alpha value is -0.640. The van der Waals surface area contributed by atoms with E-state index >= 15 is 0 Å². The fraction of sp³-hybridized carbons (Fsp3) is 1.00. The SMILES string of the molecule is CC(C)C1N=NNN1C. The maximum Gasteiger partial charge on any atom is 0.145 e. The van der Waals surface area contributed by atoms with Gasteiger partial charge in [-0.15, -0.1) is 5.11 Å². The summed E-state index contributed by atoms with van der Waals surface area (Å²) in [5.41, 5.74) is 2.74. The standard InChI is InChI=1S/C5H12N4/c1-4(2)5-6-7-8-9(5)3/h4-5H,1-3H3,(H,6,8). The minimum absolute atomic E-state index is 0.213. The summed E-state index contributed by atoms with van der Waals surface area (Å²) in [6.07, 6.45) is 0.213. The largest absolute Gasteiger partial charge is 0.220 e. The first kappa shape index (κ1) is 6.48. The Kier molecular flexibility index (Phi) is 1.66. The van der Waals surface area contributed by atoms with Crippen LogP contribution in [-0.4, -0.2) is 18.2 Å². The van der Waals surface area contributed by atoms with Gasteiger partial charge in [-0.05, 0) is 5.92 Å². The molecule has 1 rings (SSSR count). The van der Waals surface area contributed by atoms with Gasteiger partial charge in [0.25, 0.3) is 0 Å². The molecule has 0 aromatic carbocycles. The second-order valence-electron chi connectivity index (χ2n) is 2.58. The zero-order chi connectivity index (χ0) is 6.85. The summed E-state index contributed by atoms with van der Waals surface area (Å²) in [6, 6.07) is 0. The highest BCUT2D eigenvalue weighted by Crippen LogP contribution is 2.12. The molecular formula is C5H12N4.